The quantitative estimate of drug-likeness (QED) is 0.669. The van der Waals surface area contributed by atoms with Crippen LogP contribution in [0.4, 0.5) is 5.69 Å². The molecule has 2 heterocycles. The van der Waals surface area contributed by atoms with Gasteiger partial charge in [0.25, 0.3) is 11.8 Å². The number of aryl methyl sites for hydroxylation is 1. The summed E-state index contributed by atoms with van der Waals surface area (Å²) in [5, 5.41) is 0. The summed E-state index contributed by atoms with van der Waals surface area (Å²) in [6, 6.07) is 13.2. The molecule has 31 heavy (non-hydrogen) atoms. The Morgan fingerprint density at radius 1 is 1.16 bits per heavy atom. The van der Waals surface area contributed by atoms with E-state index in [0.29, 0.717) is 23.6 Å². The van der Waals surface area contributed by atoms with Crippen molar-refractivity contribution >= 4 is 23.4 Å². The zero-order chi connectivity index (χ0) is 22.0. The number of imide groups is 1. The third kappa shape index (κ3) is 4.18. The Kier molecular flexibility index (Phi) is 6.04. The van der Waals surface area contributed by atoms with Crippen molar-refractivity contribution in [3.05, 3.63) is 59.7 Å². The van der Waals surface area contributed by atoms with Crippen molar-refractivity contribution in [2.45, 2.75) is 38.3 Å². The Bertz CT molecular complexity index is 982. The average Bonchev–Trinajstić information content (AvgIpc) is 3.39. The second-order valence-corrected chi connectivity index (χ2v) is 7.89. The van der Waals surface area contributed by atoms with Gasteiger partial charge in [-0.05, 0) is 55.7 Å². The number of ether oxygens (including phenoxy) is 2. The molecule has 2 unspecified atom stereocenters. The van der Waals surface area contributed by atoms with Gasteiger partial charge in [0.15, 0.2) is 0 Å². The van der Waals surface area contributed by atoms with Crippen LogP contribution in [0.25, 0.3) is 0 Å². The van der Waals surface area contributed by atoms with E-state index in [2.05, 4.69) is 0 Å². The van der Waals surface area contributed by atoms with Gasteiger partial charge in [0, 0.05) is 18.7 Å². The Morgan fingerprint density at radius 2 is 1.90 bits per heavy atom. The predicted molar refractivity (Wildman–Crippen MR) is 115 cm³/mol. The van der Waals surface area contributed by atoms with Gasteiger partial charge < -0.3 is 14.4 Å². The minimum Gasteiger partial charge on any atom is -0.497 e. The summed E-state index contributed by atoms with van der Waals surface area (Å²) < 4.78 is 10.9. The number of amides is 3. The van der Waals surface area contributed by atoms with Crippen molar-refractivity contribution in [3.8, 4) is 5.75 Å². The number of anilines is 1. The van der Waals surface area contributed by atoms with Crippen molar-refractivity contribution < 1.29 is 23.9 Å². The second-order valence-electron chi connectivity index (χ2n) is 7.89. The standard InChI is InChI=1S/C24H26N2O5/c1-16-6-3-4-8-20(16)23(28)25(15-19-7-5-13-31-19)21-14-22(27)26(24(21)29)17-9-11-18(30-2)12-10-17/h3-4,6,8-12,19,21H,5,7,13-15H2,1-2H3. The SMILES string of the molecule is COc1ccc(N2C(=O)CC(N(CC3CCCO3)C(=O)c3ccccc3C)C2=O)cc1. The minimum atomic E-state index is -0.856. The highest BCUT2D eigenvalue weighted by molar-refractivity contribution is 6.23. The summed E-state index contributed by atoms with van der Waals surface area (Å²) in [5.74, 6) is -0.337. The molecule has 2 fully saturated rings. The number of carbonyl (C=O) groups is 3. The van der Waals surface area contributed by atoms with Gasteiger partial charge in [-0.3, -0.25) is 14.4 Å². The summed E-state index contributed by atoms with van der Waals surface area (Å²) in [5.41, 5.74) is 1.83. The van der Waals surface area contributed by atoms with E-state index in [9.17, 15) is 14.4 Å². The van der Waals surface area contributed by atoms with Crippen molar-refractivity contribution in [2.75, 3.05) is 25.2 Å². The molecule has 0 N–H and O–H groups in total. The number of rotatable bonds is 6. The molecule has 4 rings (SSSR count). The second kappa shape index (κ2) is 8.89. The fourth-order valence-electron chi connectivity index (χ4n) is 4.19. The largest absolute Gasteiger partial charge is 0.497 e. The Hall–Kier alpha value is -3.19. The number of nitrogens with zero attached hydrogens (tertiary/aromatic N) is 2. The molecule has 0 aromatic heterocycles. The normalized spacial score (nSPS) is 20.9. The Morgan fingerprint density at radius 3 is 2.55 bits per heavy atom. The number of carbonyl (C=O) groups excluding carboxylic acids is 3. The van der Waals surface area contributed by atoms with Gasteiger partial charge in [0.2, 0.25) is 5.91 Å². The predicted octanol–water partition coefficient (Wildman–Crippen LogP) is 2.96. The summed E-state index contributed by atoms with van der Waals surface area (Å²) in [4.78, 5) is 42.4. The van der Waals surface area contributed by atoms with Crippen molar-refractivity contribution in [1.82, 2.24) is 4.90 Å². The summed E-state index contributed by atoms with van der Waals surface area (Å²) in [7, 11) is 1.55. The van der Waals surface area contributed by atoms with Gasteiger partial charge in [-0.1, -0.05) is 18.2 Å². The summed E-state index contributed by atoms with van der Waals surface area (Å²) in [6.45, 7) is 2.79. The molecule has 0 spiro atoms. The van der Waals surface area contributed by atoms with Crippen molar-refractivity contribution in [1.29, 1.82) is 0 Å². The first kappa shape index (κ1) is 21.1. The number of hydrogen-bond donors (Lipinski definition) is 0. The molecule has 0 aliphatic carbocycles. The van der Waals surface area contributed by atoms with E-state index < -0.39 is 11.9 Å². The molecule has 0 radical (unpaired) electrons. The molecule has 162 valence electrons. The maximum Gasteiger partial charge on any atom is 0.257 e. The van der Waals surface area contributed by atoms with Crippen LogP contribution in [0.2, 0.25) is 0 Å². The lowest BCUT2D eigenvalue weighted by atomic mass is 10.0. The molecular formula is C24H26N2O5. The van der Waals surface area contributed by atoms with Gasteiger partial charge in [0.05, 0.1) is 25.3 Å². The highest BCUT2D eigenvalue weighted by Crippen LogP contribution is 2.29. The monoisotopic (exact) mass is 422 g/mol. The minimum absolute atomic E-state index is 0.0464. The van der Waals surface area contributed by atoms with E-state index in [-0.39, 0.29) is 30.9 Å². The maximum atomic E-state index is 13.5. The van der Waals surface area contributed by atoms with E-state index in [1.807, 2.05) is 19.1 Å². The van der Waals surface area contributed by atoms with Gasteiger partial charge in [-0.25, -0.2) is 4.90 Å². The summed E-state index contributed by atoms with van der Waals surface area (Å²) >= 11 is 0. The molecule has 2 atom stereocenters. The highest BCUT2D eigenvalue weighted by Gasteiger charge is 2.45. The van der Waals surface area contributed by atoms with Crippen LogP contribution in [0.5, 0.6) is 5.75 Å². The van der Waals surface area contributed by atoms with E-state index >= 15 is 0 Å². The Balaban J connectivity index is 1.64. The van der Waals surface area contributed by atoms with Crippen LogP contribution in [0.15, 0.2) is 48.5 Å². The van der Waals surface area contributed by atoms with Crippen LogP contribution in [-0.2, 0) is 14.3 Å². The molecular weight excluding hydrogens is 396 g/mol. The third-order valence-corrected chi connectivity index (χ3v) is 5.89. The van der Waals surface area contributed by atoms with E-state index in [1.54, 1.807) is 43.5 Å². The molecule has 0 bridgehead atoms. The highest BCUT2D eigenvalue weighted by atomic mass is 16.5. The zero-order valence-electron chi connectivity index (χ0n) is 17.7. The van der Waals surface area contributed by atoms with E-state index in [0.717, 1.165) is 23.3 Å². The summed E-state index contributed by atoms with van der Waals surface area (Å²) in [6.07, 6.45) is 1.57. The average molecular weight is 422 g/mol. The molecule has 2 saturated heterocycles. The van der Waals surface area contributed by atoms with Crippen LogP contribution in [0.1, 0.15) is 35.2 Å². The molecule has 0 saturated carbocycles. The zero-order valence-corrected chi connectivity index (χ0v) is 17.7. The third-order valence-electron chi connectivity index (χ3n) is 5.89. The van der Waals surface area contributed by atoms with Gasteiger partial charge in [-0.2, -0.15) is 0 Å². The van der Waals surface area contributed by atoms with E-state index in [1.165, 1.54) is 4.90 Å². The van der Waals surface area contributed by atoms with Crippen LogP contribution >= 0.6 is 0 Å². The number of hydrogen-bond acceptors (Lipinski definition) is 5. The maximum absolute atomic E-state index is 13.5. The van der Waals surface area contributed by atoms with Crippen LogP contribution in [-0.4, -0.2) is 55.0 Å². The van der Waals surface area contributed by atoms with Gasteiger partial charge in [0.1, 0.15) is 11.8 Å². The lowest BCUT2D eigenvalue weighted by molar-refractivity contribution is -0.122. The smallest absolute Gasteiger partial charge is 0.257 e. The topological polar surface area (TPSA) is 76.2 Å². The van der Waals surface area contributed by atoms with Gasteiger partial charge in [-0.15, -0.1) is 0 Å². The van der Waals surface area contributed by atoms with Crippen molar-refractivity contribution in [3.63, 3.8) is 0 Å². The van der Waals surface area contributed by atoms with Crippen molar-refractivity contribution in [2.24, 2.45) is 0 Å². The lowest BCUT2D eigenvalue weighted by Crippen LogP contribution is -2.48. The first-order valence-corrected chi connectivity index (χ1v) is 10.5. The molecule has 3 amide bonds. The van der Waals surface area contributed by atoms with E-state index in [4.69, 9.17) is 9.47 Å². The molecule has 2 aromatic carbocycles. The van der Waals surface area contributed by atoms with Crippen LogP contribution in [0.3, 0.4) is 0 Å². The first-order chi connectivity index (χ1) is 15.0. The molecule has 7 nitrogen and oxygen atoms in total. The fraction of sp³-hybridized carbons (Fsp3) is 0.375. The van der Waals surface area contributed by atoms with Gasteiger partial charge >= 0.3 is 0 Å². The molecule has 2 aliphatic heterocycles. The van der Waals surface area contributed by atoms with Crippen LogP contribution < -0.4 is 9.64 Å². The fourth-order valence-corrected chi connectivity index (χ4v) is 4.19. The molecule has 2 aromatic rings. The lowest BCUT2D eigenvalue weighted by Gasteiger charge is -2.30. The molecule has 2 aliphatic rings. The first-order valence-electron chi connectivity index (χ1n) is 10.5. The Labute approximate surface area is 181 Å². The number of benzene rings is 2. The number of methoxy groups -OCH3 is 1. The molecule has 7 heteroatoms. The van der Waals surface area contributed by atoms with Crippen LogP contribution in [0, 0.1) is 6.92 Å².